The molecule has 28 heavy (non-hydrogen) atoms. The molecule has 0 unspecified atom stereocenters. The van der Waals surface area contributed by atoms with E-state index in [4.69, 9.17) is 12.2 Å². The number of para-hydroxylation sites is 2. The summed E-state index contributed by atoms with van der Waals surface area (Å²) in [5.74, 6) is 0. The molecule has 140 valence electrons. The highest BCUT2D eigenvalue weighted by molar-refractivity contribution is 7.71. The lowest BCUT2D eigenvalue weighted by atomic mass is 10.2. The molecule has 0 aliphatic heterocycles. The molecule has 0 saturated heterocycles. The summed E-state index contributed by atoms with van der Waals surface area (Å²) in [6.07, 6.45) is 1.48. The number of H-pyrrole nitrogens is 1. The number of aromatic amines is 1. The standard InChI is InChI=1S/C20H17N5O2S/c1-13-17(23(2)25(18(13)26)14-8-4-3-5-9-14)12-21-24-19(27)15-10-6-7-11-16(15)22-20(24)28/h3-12H,1-2H3,(H,22,28). The first-order valence-corrected chi connectivity index (χ1v) is 9.02. The molecule has 0 radical (unpaired) electrons. The van der Waals surface area contributed by atoms with Crippen molar-refractivity contribution >= 4 is 29.3 Å². The van der Waals surface area contributed by atoms with E-state index in [1.54, 1.807) is 41.5 Å². The van der Waals surface area contributed by atoms with Gasteiger partial charge in [-0.15, -0.1) is 0 Å². The molecule has 0 saturated carbocycles. The second kappa shape index (κ2) is 6.90. The lowest BCUT2D eigenvalue weighted by Crippen LogP contribution is -2.20. The molecule has 0 bridgehead atoms. The molecule has 4 rings (SSSR count). The molecular weight excluding hydrogens is 374 g/mol. The van der Waals surface area contributed by atoms with Gasteiger partial charge in [0.15, 0.2) is 0 Å². The summed E-state index contributed by atoms with van der Waals surface area (Å²) >= 11 is 5.28. The predicted octanol–water partition coefficient (Wildman–Crippen LogP) is 2.74. The molecule has 0 spiro atoms. The highest BCUT2D eigenvalue weighted by Gasteiger charge is 2.14. The molecule has 8 heteroatoms. The smallest absolute Gasteiger partial charge is 0.282 e. The Morgan fingerprint density at radius 2 is 1.68 bits per heavy atom. The predicted molar refractivity (Wildman–Crippen MR) is 112 cm³/mol. The third-order valence-corrected chi connectivity index (χ3v) is 4.90. The van der Waals surface area contributed by atoms with Crippen molar-refractivity contribution in [2.75, 3.05) is 0 Å². The van der Waals surface area contributed by atoms with Gasteiger partial charge in [-0.05, 0) is 43.4 Å². The van der Waals surface area contributed by atoms with Crippen LogP contribution in [0.2, 0.25) is 0 Å². The Morgan fingerprint density at radius 3 is 2.43 bits per heavy atom. The van der Waals surface area contributed by atoms with Crippen molar-refractivity contribution in [1.29, 1.82) is 0 Å². The highest BCUT2D eigenvalue weighted by atomic mass is 32.1. The zero-order chi connectivity index (χ0) is 19.8. The Balaban J connectivity index is 1.86. The van der Waals surface area contributed by atoms with E-state index >= 15 is 0 Å². The molecular formula is C20H17N5O2S. The van der Waals surface area contributed by atoms with Crippen molar-refractivity contribution in [3.05, 3.63) is 91.3 Å². The van der Waals surface area contributed by atoms with Crippen LogP contribution in [0.15, 0.2) is 69.3 Å². The Morgan fingerprint density at radius 1 is 1.00 bits per heavy atom. The molecule has 1 N–H and O–H groups in total. The first-order chi connectivity index (χ1) is 13.5. The summed E-state index contributed by atoms with van der Waals surface area (Å²) < 4.78 is 4.57. The van der Waals surface area contributed by atoms with Gasteiger partial charge in [0.2, 0.25) is 4.77 Å². The number of nitrogens with one attached hydrogen (secondary N) is 1. The van der Waals surface area contributed by atoms with E-state index in [-0.39, 0.29) is 15.9 Å². The van der Waals surface area contributed by atoms with Gasteiger partial charge in [-0.3, -0.25) is 14.3 Å². The normalized spacial score (nSPS) is 11.5. The van der Waals surface area contributed by atoms with Gasteiger partial charge in [-0.25, -0.2) is 4.68 Å². The zero-order valence-electron chi connectivity index (χ0n) is 15.3. The van der Waals surface area contributed by atoms with Crippen molar-refractivity contribution in [1.82, 2.24) is 19.0 Å². The second-order valence-corrected chi connectivity index (χ2v) is 6.71. The quantitative estimate of drug-likeness (QED) is 0.431. The number of benzene rings is 2. The fraction of sp³-hybridized carbons (Fsp3) is 0.100. The third kappa shape index (κ3) is 2.84. The van der Waals surface area contributed by atoms with Crippen molar-refractivity contribution in [2.45, 2.75) is 6.92 Å². The van der Waals surface area contributed by atoms with Crippen LogP contribution in [-0.4, -0.2) is 25.2 Å². The van der Waals surface area contributed by atoms with Crippen molar-refractivity contribution in [3.8, 4) is 5.69 Å². The summed E-state index contributed by atoms with van der Waals surface area (Å²) in [6, 6.07) is 16.4. The number of aromatic nitrogens is 4. The first-order valence-electron chi connectivity index (χ1n) is 8.61. The van der Waals surface area contributed by atoms with Crippen LogP contribution < -0.4 is 11.1 Å². The number of fused-ring (bicyclic) bond motifs is 1. The van der Waals surface area contributed by atoms with Gasteiger partial charge in [0.05, 0.1) is 28.5 Å². The molecule has 0 atom stereocenters. The van der Waals surface area contributed by atoms with Crippen molar-refractivity contribution < 1.29 is 0 Å². The maximum Gasteiger partial charge on any atom is 0.282 e. The third-order valence-electron chi connectivity index (χ3n) is 4.63. The van der Waals surface area contributed by atoms with Crippen LogP contribution in [-0.2, 0) is 7.05 Å². The topological polar surface area (TPSA) is 77.1 Å². The second-order valence-electron chi connectivity index (χ2n) is 6.32. The minimum atomic E-state index is -0.319. The average Bonchev–Trinajstić information content (AvgIpc) is 2.91. The summed E-state index contributed by atoms with van der Waals surface area (Å²) in [5, 5.41) is 4.75. The fourth-order valence-corrected chi connectivity index (χ4v) is 3.41. The summed E-state index contributed by atoms with van der Waals surface area (Å²) in [7, 11) is 1.77. The minimum Gasteiger partial charge on any atom is -0.330 e. The molecule has 2 heterocycles. The maximum atomic E-state index is 12.7. The van der Waals surface area contributed by atoms with Crippen molar-refractivity contribution in [2.24, 2.45) is 12.1 Å². The summed E-state index contributed by atoms with van der Waals surface area (Å²) in [6.45, 7) is 1.73. The van der Waals surface area contributed by atoms with E-state index < -0.39 is 0 Å². The molecule has 0 aliphatic rings. The Kier molecular flexibility index (Phi) is 4.40. The van der Waals surface area contributed by atoms with Crippen LogP contribution in [0.25, 0.3) is 16.6 Å². The van der Waals surface area contributed by atoms with E-state index in [2.05, 4.69) is 10.1 Å². The van der Waals surface area contributed by atoms with E-state index in [1.165, 1.54) is 6.21 Å². The van der Waals surface area contributed by atoms with Gasteiger partial charge in [0, 0.05) is 12.6 Å². The van der Waals surface area contributed by atoms with Crippen LogP contribution >= 0.6 is 12.2 Å². The van der Waals surface area contributed by atoms with Crippen LogP contribution in [0.1, 0.15) is 11.3 Å². The van der Waals surface area contributed by atoms with Crippen LogP contribution in [0, 0.1) is 11.7 Å². The van der Waals surface area contributed by atoms with Gasteiger partial charge >= 0.3 is 0 Å². The van der Waals surface area contributed by atoms with Gasteiger partial charge < -0.3 is 4.98 Å². The number of nitrogens with zero attached hydrogens (tertiary/aromatic N) is 4. The molecule has 0 aliphatic carbocycles. The largest absolute Gasteiger partial charge is 0.330 e. The average molecular weight is 391 g/mol. The molecule has 4 aromatic rings. The Bertz CT molecular complexity index is 1390. The van der Waals surface area contributed by atoms with Gasteiger partial charge in [-0.1, -0.05) is 30.3 Å². The van der Waals surface area contributed by atoms with Gasteiger partial charge in [0.1, 0.15) is 0 Å². The highest BCUT2D eigenvalue weighted by Crippen LogP contribution is 2.09. The Hall–Kier alpha value is -3.52. The fourth-order valence-electron chi connectivity index (χ4n) is 3.17. The van der Waals surface area contributed by atoms with Crippen LogP contribution in [0.3, 0.4) is 0 Å². The molecule has 0 amide bonds. The monoisotopic (exact) mass is 391 g/mol. The lowest BCUT2D eigenvalue weighted by Gasteiger charge is -2.08. The molecule has 2 aromatic carbocycles. The summed E-state index contributed by atoms with van der Waals surface area (Å²) in [5.41, 5.74) is 2.05. The van der Waals surface area contributed by atoms with Gasteiger partial charge in [-0.2, -0.15) is 9.78 Å². The molecule has 0 fully saturated rings. The van der Waals surface area contributed by atoms with E-state index in [0.29, 0.717) is 22.2 Å². The number of rotatable bonds is 3. The lowest BCUT2D eigenvalue weighted by molar-refractivity contribution is 0.642. The first kappa shape index (κ1) is 17.9. The summed E-state index contributed by atoms with van der Waals surface area (Å²) in [4.78, 5) is 28.4. The SMILES string of the molecule is Cc1c(C=Nn2c(=S)[nH]c3ccccc3c2=O)n(C)n(-c2ccccc2)c1=O. The van der Waals surface area contributed by atoms with Crippen molar-refractivity contribution in [3.63, 3.8) is 0 Å². The number of hydrogen-bond acceptors (Lipinski definition) is 4. The van der Waals surface area contributed by atoms with E-state index in [0.717, 1.165) is 10.4 Å². The molecule has 2 aromatic heterocycles. The minimum absolute atomic E-state index is 0.147. The van der Waals surface area contributed by atoms with E-state index in [1.807, 2.05) is 36.4 Å². The van der Waals surface area contributed by atoms with E-state index in [9.17, 15) is 9.59 Å². The Labute approximate surface area is 164 Å². The van der Waals surface area contributed by atoms with Crippen LogP contribution in [0.4, 0.5) is 0 Å². The van der Waals surface area contributed by atoms with Crippen LogP contribution in [0.5, 0.6) is 0 Å². The number of hydrogen-bond donors (Lipinski definition) is 1. The van der Waals surface area contributed by atoms with Gasteiger partial charge in [0.25, 0.3) is 11.1 Å². The maximum absolute atomic E-state index is 12.7. The zero-order valence-corrected chi connectivity index (χ0v) is 16.1. The molecule has 7 nitrogen and oxygen atoms in total.